The van der Waals surface area contributed by atoms with Gasteiger partial charge in [0.05, 0.1) is 0 Å². The van der Waals surface area contributed by atoms with E-state index in [-0.39, 0.29) is 4.91 Å². The molecule has 2 heterocycles. The minimum Gasteiger partial charge on any atom is -0.324 e. The highest BCUT2D eigenvalue weighted by atomic mass is 79.9. The van der Waals surface area contributed by atoms with Crippen LogP contribution in [0.25, 0.3) is 4.91 Å². The lowest BCUT2D eigenvalue weighted by atomic mass is 10.0. The molecule has 7 heteroatoms. The topological polar surface area (TPSA) is 71.4 Å². The van der Waals surface area contributed by atoms with Crippen LogP contribution in [0.4, 0.5) is 5.82 Å². The van der Waals surface area contributed by atoms with Gasteiger partial charge in [-0.3, -0.25) is 0 Å². The lowest BCUT2D eigenvalue weighted by Gasteiger charge is -2.08. The highest BCUT2D eigenvalue weighted by Crippen LogP contribution is 2.33. The number of aromatic nitrogens is 1. The summed E-state index contributed by atoms with van der Waals surface area (Å²) in [6.07, 6.45) is 1.63. The molecule has 0 spiro atoms. The lowest BCUT2D eigenvalue weighted by Crippen LogP contribution is -2.12. The van der Waals surface area contributed by atoms with E-state index in [1.807, 2.05) is 38.1 Å². The molecule has 124 valence electrons. The number of benzene rings is 1. The predicted molar refractivity (Wildman–Crippen MR) is 100 cm³/mol. The average molecular weight is 406 g/mol. The summed E-state index contributed by atoms with van der Waals surface area (Å²) in [4.78, 5) is 4.43. The molecule has 0 amide bonds. The Morgan fingerprint density at radius 3 is 2.42 bits per heavy atom. The first-order valence-corrected chi connectivity index (χ1v) is 9.53. The van der Waals surface area contributed by atoms with Crippen molar-refractivity contribution < 1.29 is 8.42 Å². The Labute approximate surface area is 149 Å². The maximum absolute atomic E-state index is 12.5. The Morgan fingerprint density at radius 2 is 1.79 bits per heavy atom. The molecule has 24 heavy (non-hydrogen) atoms. The molecule has 3 rings (SSSR count). The fourth-order valence-corrected chi connectivity index (χ4v) is 4.13. The maximum Gasteiger partial charge on any atom is 0.285 e. The molecule has 1 aliphatic heterocycles. The number of pyridine rings is 1. The molecule has 0 aliphatic carbocycles. The first-order chi connectivity index (χ1) is 11.3. The normalized spacial score (nSPS) is 16.2. The maximum atomic E-state index is 12.5. The van der Waals surface area contributed by atoms with Crippen LogP contribution in [0.5, 0.6) is 0 Å². The van der Waals surface area contributed by atoms with E-state index in [9.17, 15) is 8.42 Å². The number of nitrogens with zero attached hydrogens (tertiary/aromatic N) is 2. The lowest BCUT2D eigenvalue weighted by molar-refractivity contribution is 0.608. The minimum absolute atomic E-state index is 0.241. The molecule has 1 N–H and O–H groups in total. The summed E-state index contributed by atoms with van der Waals surface area (Å²) in [5.41, 5.74) is 3.40. The van der Waals surface area contributed by atoms with E-state index < -0.39 is 10.0 Å². The zero-order valence-corrected chi connectivity index (χ0v) is 15.9. The smallest absolute Gasteiger partial charge is 0.285 e. The molecule has 0 bridgehead atoms. The second-order valence-electron chi connectivity index (χ2n) is 5.65. The van der Waals surface area contributed by atoms with E-state index in [1.54, 1.807) is 19.2 Å². The van der Waals surface area contributed by atoms with Crippen molar-refractivity contribution in [3.63, 3.8) is 0 Å². The SMILES string of the molecule is CC1=C(c2ccc(C)c(C)c2)S(=O)(=O)N=C1Nc1ccc(Br)cn1. The zero-order chi connectivity index (χ0) is 17.5. The number of nitrogens with one attached hydrogen (secondary N) is 1. The molecule has 0 radical (unpaired) electrons. The molecule has 0 saturated heterocycles. The average Bonchev–Trinajstić information content (AvgIpc) is 2.74. The molecule has 1 aromatic carbocycles. The van der Waals surface area contributed by atoms with Gasteiger partial charge in [0, 0.05) is 16.2 Å². The number of hydrogen-bond acceptors (Lipinski definition) is 4. The van der Waals surface area contributed by atoms with Crippen LogP contribution in [0.1, 0.15) is 23.6 Å². The summed E-state index contributed by atoms with van der Waals surface area (Å²) in [7, 11) is -3.73. The number of rotatable bonds is 2. The van der Waals surface area contributed by atoms with E-state index in [0.29, 0.717) is 22.8 Å². The Kier molecular flexibility index (Phi) is 4.31. The van der Waals surface area contributed by atoms with Crippen LogP contribution in [0.2, 0.25) is 0 Å². The quantitative estimate of drug-likeness (QED) is 0.817. The number of halogens is 1. The van der Waals surface area contributed by atoms with Crippen molar-refractivity contribution in [3.05, 3.63) is 63.3 Å². The fraction of sp³-hybridized carbons (Fsp3) is 0.176. The fourth-order valence-electron chi connectivity index (χ4n) is 2.47. The number of amidine groups is 1. The van der Waals surface area contributed by atoms with Gasteiger partial charge in [-0.1, -0.05) is 18.2 Å². The Morgan fingerprint density at radius 1 is 1.04 bits per heavy atom. The van der Waals surface area contributed by atoms with Gasteiger partial charge in [0.1, 0.15) is 16.6 Å². The van der Waals surface area contributed by atoms with Crippen molar-refractivity contribution in [2.75, 3.05) is 5.32 Å². The van der Waals surface area contributed by atoms with Crippen molar-refractivity contribution in [1.29, 1.82) is 0 Å². The molecule has 0 atom stereocenters. The van der Waals surface area contributed by atoms with Crippen LogP contribution < -0.4 is 5.32 Å². The third-order valence-electron chi connectivity index (χ3n) is 3.91. The molecule has 5 nitrogen and oxygen atoms in total. The molecule has 1 aliphatic rings. The van der Waals surface area contributed by atoms with Gasteiger partial charge in [-0.2, -0.15) is 8.42 Å². The third kappa shape index (κ3) is 3.14. The van der Waals surface area contributed by atoms with Crippen molar-refractivity contribution in [1.82, 2.24) is 4.98 Å². The monoisotopic (exact) mass is 405 g/mol. The second-order valence-corrected chi connectivity index (χ2v) is 8.11. The number of anilines is 1. The predicted octanol–water partition coefficient (Wildman–Crippen LogP) is 4.05. The molecule has 2 aromatic rings. The van der Waals surface area contributed by atoms with E-state index in [4.69, 9.17) is 0 Å². The van der Waals surface area contributed by atoms with Gasteiger partial charge < -0.3 is 5.32 Å². The standard InChI is InChI=1S/C17H16BrN3O2S/c1-10-4-5-13(8-11(10)2)16-12(3)17(21-24(16,22)23)20-15-7-6-14(18)9-19-15/h4-9H,1-3H3,(H,19,20,21). The van der Waals surface area contributed by atoms with Crippen LogP contribution in [0.15, 0.2) is 51.0 Å². The van der Waals surface area contributed by atoms with E-state index in [1.165, 1.54) is 0 Å². The summed E-state index contributed by atoms with van der Waals surface area (Å²) in [5, 5.41) is 2.98. The van der Waals surface area contributed by atoms with Crippen molar-refractivity contribution >= 4 is 42.5 Å². The number of hydrogen-bond donors (Lipinski definition) is 1. The number of aryl methyl sites for hydroxylation is 2. The molecule has 0 saturated carbocycles. The summed E-state index contributed by atoms with van der Waals surface area (Å²) in [6, 6.07) is 9.18. The van der Waals surface area contributed by atoms with Crippen molar-refractivity contribution in [2.24, 2.45) is 4.40 Å². The highest BCUT2D eigenvalue weighted by Gasteiger charge is 2.31. The highest BCUT2D eigenvalue weighted by molar-refractivity contribution is 9.10. The van der Waals surface area contributed by atoms with Crippen LogP contribution in [0, 0.1) is 13.8 Å². The summed E-state index contributed by atoms with van der Waals surface area (Å²) < 4.78 is 29.7. The second kappa shape index (κ2) is 6.14. The largest absolute Gasteiger partial charge is 0.324 e. The molecule has 1 aromatic heterocycles. The van der Waals surface area contributed by atoms with Crippen molar-refractivity contribution in [3.8, 4) is 0 Å². The first kappa shape index (κ1) is 16.9. The Balaban J connectivity index is 2.02. The Hall–Kier alpha value is -1.99. The zero-order valence-electron chi connectivity index (χ0n) is 13.5. The van der Waals surface area contributed by atoms with Crippen LogP contribution in [-0.2, 0) is 10.0 Å². The van der Waals surface area contributed by atoms with E-state index in [0.717, 1.165) is 15.6 Å². The minimum atomic E-state index is -3.73. The molecular weight excluding hydrogens is 390 g/mol. The summed E-state index contributed by atoms with van der Waals surface area (Å²) in [6.45, 7) is 5.70. The first-order valence-electron chi connectivity index (χ1n) is 7.30. The van der Waals surface area contributed by atoms with Gasteiger partial charge in [0.25, 0.3) is 10.0 Å². The summed E-state index contributed by atoms with van der Waals surface area (Å²) in [5.74, 6) is 0.839. The molecule has 0 unspecified atom stereocenters. The van der Waals surface area contributed by atoms with Gasteiger partial charge in [0.2, 0.25) is 0 Å². The van der Waals surface area contributed by atoms with Crippen LogP contribution >= 0.6 is 15.9 Å². The van der Waals surface area contributed by atoms with E-state index in [2.05, 4.69) is 30.6 Å². The van der Waals surface area contributed by atoms with Gasteiger partial charge in [-0.25, -0.2) is 4.98 Å². The van der Waals surface area contributed by atoms with Gasteiger partial charge >= 0.3 is 0 Å². The molecular formula is C17H16BrN3O2S. The van der Waals surface area contributed by atoms with Crippen molar-refractivity contribution in [2.45, 2.75) is 20.8 Å². The number of sulfonamides is 1. The third-order valence-corrected chi connectivity index (χ3v) is 5.86. The van der Waals surface area contributed by atoms with Crippen LogP contribution in [0.3, 0.4) is 0 Å². The Bertz CT molecular complexity index is 977. The van der Waals surface area contributed by atoms with Gasteiger partial charge in [-0.05, 0) is 65.5 Å². The van der Waals surface area contributed by atoms with E-state index >= 15 is 0 Å². The summed E-state index contributed by atoms with van der Waals surface area (Å²) >= 11 is 3.32. The molecule has 0 fully saturated rings. The van der Waals surface area contributed by atoms with Crippen LogP contribution in [-0.4, -0.2) is 19.2 Å². The van der Waals surface area contributed by atoms with Gasteiger partial charge in [0.15, 0.2) is 0 Å². The van der Waals surface area contributed by atoms with Gasteiger partial charge in [-0.15, -0.1) is 4.40 Å².